The Labute approximate surface area is 62.0 Å². The van der Waals surface area contributed by atoms with E-state index in [1.807, 2.05) is 12.3 Å². The average molecular weight is 194 g/mol. The van der Waals surface area contributed by atoms with E-state index >= 15 is 0 Å². The maximum atomic E-state index is 3.14. The van der Waals surface area contributed by atoms with Crippen LogP contribution in [0.25, 0.3) is 0 Å². The molecule has 1 atom stereocenters. The van der Waals surface area contributed by atoms with E-state index in [0.717, 1.165) is 0 Å². The van der Waals surface area contributed by atoms with Crippen LogP contribution in [0.5, 0.6) is 0 Å². The summed E-state index contributed by atoms with van der Waals surface area (Å²) in [6.45, 7) is 0. The Kier molecular flexibility index (Phi) is 4.12. The van der Waals surface area contributed by atoms with E-state index in [1.54, 1.807) is 0 Å². The largest absolute Gasteiger partial charge is 0.147 e. The maximum Gasteiger partial charge on any atom is -0.147 e. The molecule has 0 saturated carbocycles. The van der Waals surface area contributed by atoms with E-state index in [9.17, 15) is 0 Å². The molecule has 1 rings (SSSR count). The van der Waals surface area contributed by atoms with E-state index in [1.165, 1.54) is 4.48 Å². The van der Waals surface area contributed by atoms with Crippen molar-refractivity contribution in [2.45, 2.75) is 5.71 Å². The molecule has 0 bridgehead atoms. The van der Waals surface area contributed by atoms with Crippen LogP contribution >= 0.6 is 12.4 Å². The first kappa shape index (κ1) is 8.13. The van der Waals surface area contributed by atoms with Gasteiger partial charge in [-0.15, -0.1) is 12.4 Å². The van der Waals surface area contributed by atoms with Gasteiger partial charge in [0.1, 0.15) is 0 Å². The zero-order chi connectivity index (χ0) is 5.11. The topological polar surface area (TPSA) is 15.8 Å². The van der Waals surface area contributed by atoms with Gasteiger partial charge >= 0.3 is 49.3 Å². The first-order chi connectivity index (χ1) is 3.43. The zero-order valence-electron chi connectivity index (χ0n) is 4.64. The average Bonchev–Trinajstić information content (AvgIpc) is 2.14. The molecule has 1 N–H and O–H groups in total. The van der Waals surface area contributed by atoms with E-state index in [2.05, 4.69) is 16.8 Å². The van der Waals surface area contributed by atoms with Gasteiger partial charge in [0.25, 0.3) is 0 Å². The van der Waals surface area contributed by atoms with Crippen LogP contribution < -0.4 is 4.48 Å². The van der Waals surface area contributed by atoms with Crippen LogP contribution in [-0.4, -0.2) is 20.7 Å². The van der Waals surface area contributed by atoms with Crippen molar-refractivity contribution >= 4 is 32.6 Å². The normalized spacial score (nSPS) is 9.62. The van der Waals surface area contributed by atoms with Gasteiger partial charge in [0.15, 0.2) is 0 Å². The monoisotopic (exact) mass is 193 g/mol. The Balaban J connectivity index is 0.000000490. The third-order valence-corrected chi connectivity index (χ3v) is 2.65. The van der Waals surface area contributed by atoms with Gasteiger partial charge in [0.05, 0.1) is 0 Å². The Morgan fingerprint density at radius 1 is 1.62 bits per heavy atom. The molecule has 0 saturated heterocycles. The number of nitrogens with one attached hydrogen (secondary N) is 1. The van der Waals surface area contributed by atoms with Crippen LogP contribution in [-0.2, 0) is 0 Å². The molecule has 1 nitrogen and oxygen atoms in total. The second-order valence-corrected chi connectivity index (χ2v) is 3.51. The second-order valence-electron chi connectivity index (χ2n) is 1.33. The molecule has 1 aromatic heterocycles. The Bertz CT molecular complexity index is 127. The van der Waals surface area contributed by atoms with E-state index in [4.69, 9.17) is 0 Å². The standard InChI is InChI=1S/C5H8AsN.ClH/c1-6-5-3-2-4-7-5;/h2-4,6-7H,1H3;1H. The number of hydrogen-bond donors (Lipinski definition) is 1. The number of rotatable bonds is 1. The SMILES string of the molecule is C[AsH]c1ccc[nH]1.Cl. The molecule has 0 fully saturated rings. The summed E-state index contributed by atoms with van der Waals surface area (Å²) in [5.74, 6) is 0. The van der Waals surface area contributed by atoms with Gasteiger partial charge < -0.3 is 0 Å². The molecular weight excluding hydrogens is 184 g/mol. The van der Waals surface area contributed by atoms with Crippen molar-refractivity contribution in [1.82, 2.24) is 4.98 Å². The van der Waals surface area contributed by atoms with Crippen LogP contribution in [0.2, 0.25) is 5.71 Å². The summed E-state index contributed by atoms with van der Waals surface area (Å²) in [6.07, 6.45) is 1.97. The minimum Gasteiger partial charge on any atom is -0.147 e. The van der Waals surface area contributed by atoms with Crippen LogP contribution in [0.4, 0.5) is 0 Å². The molecule has 0 aliphatic rings. The smallest absolute Gasteiger partial charge is 0.147 e. The molecule has 0 aliphatic heterocycles. The molecule has 8 heavy (non-hydrogen) atoms. The summed E-state index contributed by atoms with van der Waals surface area (Å²) in [7, 11) is 0. The molecule has 0 spiro atoms. The molecule has 0 radical (unpaired) electrons. The fraction of sp³-hybridized carbons (Fsp3) is 0.200. The first-order valence-corrected chi connectivity index (χ1v) is 5.39. The van der Waals surface area contributed by atoms with Crippen molar-refractivity contribution in [2.24, 2.45) is 0 Å². The third kappa shape index (κ3) is 1.93. The van der Waals surface area contributed by atoms with Crippen molar-refractivity contribution in [1.29, 1.82) is 0 Å². The number of H-pyrrole nitrogens is 1. The van der Waals surface area contributed by atoms with E-state index in [0.29, 0.717) is 0 Å². The number of aromatic nitrogens is 1. The predicted octanol–water partition coefficient (Wildman–Crippen LogP) is 0.546. The fourth-order valence-corrected chi connectivity index (χ4v) is 1.52. The van der Waals surface area contributed by atoms with Crippen molar-refractivity contribution in [3.05, 3.63) is 18.3 Å². The number of aromatic amines is 1. The van der Waals surface area contributed by atoms with Crippen molar-refractivity contribution in [2.75, 3.05) is 0 Å². The molecule has 0 aromatic carbocycles. The van der Waals surface area contributed by atoms with Gasteiger partial charge in [0.2, 0.25) is 0 Å². The van der Waals surface area contributed by atoms with Gasteiger partial charge in [-0.3, -0.25) is 0 Å². The third-order valence-electron chi connectivity index (χ3n) is 0.867. The number of hydrogen-bond acceptors (Lipinski definition) is 0. The summed E-state index contributed by atoms with van der Waals surface area (Å²) in [6, 6.07) is 4.18. The molecule has 0 aliphatic carbocycles. The zero-order valence-corrected chi connectivity index (χ0v) is 7.55. The predicted molar refractivity (Wildman–Crippen MR) is 40.7 cm³/mol. The number of halogens is 1. The first-order valence-electron chi connectivity index (χ1n) is 2.24. The summed E-state index contributed by atoms with van der Waals surface area (Å²) in [4.78, 5) is 3.14. The van der Waals surface area contributed by atoms with Gasteiger partial charge in [-0.25, -0.2) is 0 Å². The molecule has 3 heteroatoms. The Hall–Kier alpha value is 0.128. The van der Waals surface area contributed by atoms with Gasteiger partial charge in [-0.05, 0) is 0 Å². The van der Waals surface area contributed by atoms with Crippen molar-refractivity contribution in [3.63, 3.8) is 0 Å². The molecule has 1 aromatic rings. The van der Waals surface area contributed by atoms with E-state index in [-0.39, 0.29) is 28.2 Å². The second kappa shape index (κ2) is 4.05. The van der Waals surface area contributed by atoms with Gasteiger partial charge in [0, 0.05) is 0 Å². The van der Waals surface area contributed by atoms with Gasteiger partial charge in [-0.1, -0.05) is 0 Å². The summed E-state index contributed by atoms with van der Waals surface area (Å²) in [5, 5.41) is 0. The van der Waals surface area contributed by atoms with Gasteiger partial charge in [-0.2, -0.15) is 0 Å². The molecule has 0 amide bonds. The van der Waals surface area contributed by atoms with E-state index < -0.39 is 0 Å². The molecule has 46 valence electrons. The fourth-order valence-electron chi connectivity index (χ4n) is 0.486. The molecule has 1 heterocycles. The summed E-state index contributed by atoms with van der Waals surface area (Å²) < 4.78 is 1.43. The quantitative estimate of drug-likeness (QED) is 0.627. The van der Waals surface area contributed by atoms with Crippen molar-refractivity contribution < 1.29 is 0 Å². The van der Waals surface area contributed by atoms with Crippen LogP contribution in [0.1, 0.15) is 0 Å². The minimum atomic E-state index is 0. The Morgan fingerprint density at radius 2 is 2.38 bits per heavy atom. The molecule has 1 unspecified atom stereocenters. The van der Waals surface area contributed by atoms with Crippen LogP contribution in [0.3, 0.4) is 0 Å². The Morgan fingerprint density at radius 3 is 2.62 bits per heavy atom. The summed E-state index contributed by atoms with van der Waals surface area (Å²) in [5.41, 5.74) is 2.26. The van der Waals surface area contributed by atoms with Crippen molar-refractivity contribution in [3.8, 4) is 0 Å². The van der Waals surface area contributed by atoms with Crippen LogP contribution in [0.15, 0.2) is 18.3 Å². The summed E-state index contributed by atoms with van der Waals surface area (Å²) >= 11 is 0.181. The maximum absolute atomic E-state index is 3.14. The molecular formula is C5H9AsClN. The minimum absolute atomic E-state index is 0. The van der Waals surface area contributed by atoms with Crippen LogP contribution in [0, 0.1) is 0 Å².